The lowest BCUT2D eigenvalue weighted by Gasteiger charge is -2.08. The Balaban J connectivity index is 2.26. The second-order valence-electron chi connectivity index (χ2n) is 5.84. The van der Waals surface area contributed by atoms with Crippen LogP contribution in [-0.4, -0.2) is 10.1 Å². The van der Waals surface area contributed by atoms with Crippen LogP contribution in [0.1, 0.15) is 24.4 Å². The van der Waals surface area contributed by atoms with E-state index in [1.807, 2.05) is 43.3 Å². The third-order valence-corrected chi connectivity index (χ3v) is 4.64. The molecule has 0 unspecified atom stereocenters. The summed E-state index contributed by atoms with van der Waals surface area (Å²) < 4.78 is 1.08. The number of fused-ring (bicyclic) bond motifs is 1. The average Bonchev–Trinajstić information content (AvgIpc) is 2.81. The van der Waals surface area contributed by atoms with Gasteiger partial charge in [0, 0.05) is 12.0 Å². The second kappa shape index (κ2) is 5.49. The maximum atomic E-state index is 10.5. The number of benzene rings is 2. The van der Waals surface area contributed by atoms with Gasteiger partial charge in [0.15, 0.2) is 0 Å². The van der Waals surface area contributed by atoms with E-state index in [9.17, 15) is 5.11 Å². The van der Waals surface area contributed by atoms with Gasteiger partial charge in [-0.15, -0.1) is 11.3 Å². The zero-order valence-corrected chi connectivity index (χ0v) is 13.4. The SMILES string of the molecule is Cc1cc2nc(CC(C)C)sc2c(-c2ccccc2)c1O. The van der Waals surface area contributed by atoms with E-state index in [-0.39, 0.29) is 0 Å². The number of phenols is 1. The number of aromatic hydroxyl groups is 1. The highest BCUT2D eigenvalue weighted by Gasteiger charge is 2.16. The lowest BCUT2D eigenvalue weighted by Crippen LogP contribution is -1.92. The molecule has 21 heavy (non-hydrogen) atoms. The molecule has 0 aliphatic rings. The molecule has 0 saturated heterocycles. The Morgan fingerprint density at radius 1 is 1.19 bits per heavy atom. The number of aryl methyl sites for hydroxylation is 1. The van der Waals surface area contributed by atoms with Crippen molar-refractivity contribution in [2.45, 2.75) is 27.2 Å². The van der Waals surface area contributed by atoms with Crippen molar-refractivity contribution in [3.05, 3.63) is 47.0 Å². The number of hydrogen-bond acceptors (Lipinski definition) is 3. The lowest BCUT2D eigenvalue weighted by atomic mass is 10.0. The van der Waals surface area contributed by atoms with Crippen LogP contribution in [0.5, 0.6) is 5.75 Å². The van der Waals surface area contributed by atoms with Gasteiger partial charge in [0.25, 0.3) is 0 Å². The van der Waals surface area contributed by atoms with Crippen LogP contribution in [-0.2, 0) is 6.42 Å². The van der Waals surface area contributed by atoms with Crippen LogP contribution in [0.2, 0.25) is 0 Å². The number of rotatable bonds is 3. The summed E-state index contributed by atoms with van der Waals surface area (Å²) in [7, 11) is 0. The molecule has 3 aromatic rings. The Morgan fingerprint density at radius 3 is 2.57 bits per heavy atom. The monoisotopic (exact) mass is 297 g/mol. The van der Waals surface area contributed by atoms with Crippen molar-refractivity contribution < 1.29 is 5.11 Å². The van der Waals surface area contributed by atoms with E-state index in [1.54, 1.807) is 11.3 Å². The number of thiazole rings is 1. The molecule has 108 valence electrons. The summed E-state index contributed by atoms with van der Waals surface area (Å²) in [5.41, 5.74) is 3.83. The van der Waals surface area contributed by atoms with Gasteiger partial charge in [-0.05, 0) is 30.0 Å². The first-order valence-corrected chi connectivity index (χ1v) is 8.05. The summed E-state index contributed by atoms with van der Waals surface area (Å²) in [5, 5.41) is 11.7. The van der Waals surface area contributed by atoms with Crippen molar-refractivity contribution in [2.75, 3.05) is 0 Å². The number of hydrogen-bond donors (Lipinski definition) is 1. The Morgan fingerprint density at radius 2 is 1.90 bits per heavy atom. The molecule has 0 saturated carbocycles. The fraction of sp³-hybridized carbons (Fsp3) is 0.278. The summed E-state index contributed by atoms with van der Waals surface area (Å²) in [4.78, 5) is 4.75. The highest BCUT2D eigenvalue weighted by Crippen LogP contribution is 2.41. The molecule has 1 N–H and O–H groups in total. The zero-order chi connectivity index (χ0) is 15.0. The molecule has 1 heterocycles. The summed E-state index contributed by atoms with van der Waals surface area (Å²) in [6.45, 7) is 6.34. The van der Waals surface area contributed by atoms with E-state index < -0.39 is 0 Å². The van der Waals surface area contributed by atoms with Gasteiger partial charge in [0.2, 0.25) is 0 Å². The van der Waals surface area contributed by atoms with Crippen LogP contribution in [0.3, 0.4) is 0 Å². The first kappa shape index (κ1) is 14.1. The van der Waals surface area contributed by atoms with E-state index >= 15 is 0 Å². The molecule has 2 aromatic carbocycles. The molecule has 0 aliphatic carbocycles. The van der Waals surface area contributed by atoms with Gasteiger partial charge in [0.05, 0.1) is 15.2 Å². The second-order valence-corrected chi connectivity index (χ2v) is 6.92. The molecule has 3 heteroatoms. The minimum Gasteiger partial charge on any atom is -0.507 e. The standard InChI is InChI=1S/C18H19NOS/c1-11(2)9-15-19-14-10-12(3)17(20)16(18(14)21-15)13-7-5-4-6-8-13/h4-8,10-11,20H,9H2,1-3H3. The van der Waals surface area contributed by atoms with Crippen molar-refractivity contribution in [1.82, 2.24) is 4.98 Å². The summed E-state index contributed by atoms with van der Waals surface area (Å²) in [6.07, 6.45) is 0.980. The van der Waals surface area contributed by atoms with Crippen molar-refractivity contribution in [3.8, 4) is 16.9 Å². The molecule has 0 bridgehead atoms. The fourth-order valence-electron chi connectivity index (χ4n) is 2.54. The van der Waals surface area contributed by atoms with E-state index in [0.29, 0.717) is 11.7 Å². The van der Waals surface area contributed by atoms with Gasteiger partial charge in [0.1, 0.15) is 5.75 Å². The van der Waals surface area contributed by atoms with Crippen LogP contribution >= 0.6 is 11.3 Å². The molecular weight excluding hydrogens is 278 g/mol. The molecule has 0 radical (unpaired) electrons. The topological polar surface area (TPSA) is 33.1 Å². The van der Waals surface area contributed by atoms with Crippen molar-refractivity contribution in [2.24, 2.45) is 5.92 Å². The maximum Gasteiger partial charge on any atom is 0.127 e. The molecule has 0 amide bonds. The quantitative estimate of drug-likeness (QED) is 0.723. The molecule has 3 rings (SSSR count). The third kappa shape index (κ3) is 2.66. The van der Waals surface area contributed by atoms with Crippen LogP contribution < -0.4 is 0 Å². The molecule has 2 nitrogen and oxygen atoms in total. The Hall–Kier alpha value is -1.87. The van der Waals surface area contributed by atoms with Crippen molar-refractivity contribution >= 4 is 21.6 Å². The van der Waals surface area contributed by atoms with Gasteiger partial charge < -0.3 is 5.11 Å². The van der Waals surface area contributed by atoms with E-state index in [0.717, 1.165) is 38.3 Å². The van der Waals surface area contributed by atoms with Gasteiger partial charge in [-0.2, -0.15) is 0 Å². The largest absolute Gasteiger partial charge is 0.507 e. The molecule has 0 aliphatic heterocycles. The normalized spacial score (nSPS) is 11.4. The predicted octanol–water partition coefficient (Wildman–Crippen LogP) is 5.18. The molecule has 0 atom stereocenters. The molecular formula is C18H19NOS. The van der Waals surface area contributed by atoms with E-state index in [2.05, 4.69) is 13.8 Å². The maximum absolute atomic E-state index is 10.5. The number of nitrogens with zero attached hydrogens (tertiary/aromatic N) is 1. The van der Waals surface area contributed by atoms with Gasteiger partial charge >= 0.3 is 0 Å². The first-order valence-electron chi connectivity index (χ1n) is 7.23. The average molecular weight is 297 g/mol. The minimum atomic E-state index is 0.369. The summed E-state index contributed by atoms with van der Waals surface area (Å²) in [5.74, 6) is 0.953. The van der Waals surface area contributed by atoms with Crippen LogP contribution in [0.25, 0.3) is 21.3 Å². The van der Waals surface area contributed by atoms with Crippen molar-refractivity contribution in [1.29, 1.82) is 0 Å². The molecule has 0 fully saturated rings. The van der Waals surface area contributed by atoms with Gasteiger partial charge in [-0.25, -0.2) is 4.98 Å². The van der Waals surface area contributed by atoms with Gasteiger partial charge in [-0.3, -0.25) is 0 Å². The summed E-state index contributed by atoms with van der Waals surface area (Å²) >= 11 is 1.70. The van der Waals surface area contributed by atoms with Crippen molar-refractivity contribution in [3.63, 3.8) is 0 Å². The van der Waals surface area contributed by atoms with E-state index in [1.165, 1.54) is 0 Å². The molecule has 1 aromatic heterocycles. The van der Waals surface area contributed by atoms with Gasteiger partial charge in [-0.1, -0.05) is 44.2 Å². The Labute approximate surface area is 129 Å². The minimum absolute atomic E-state index is 0.369. The molecule has 0 spiro atoms. The third-order valence-electron chi connectivity index (χ3n) is 3.53. The Bertz CT molecular complexity index is 775. The van der Waals surface area contributed by atoms with Crippen LogP contribution in [0.4, 0.5) is 0 Å². The highest BCUT2D eigenvalue weighted by atomic mass is 32.1. The predicted molar refractivity (Wildman–Crippen MR) is 90.0 cm³/mol. The van der Waals surface area contributed by atoms with E-state index in [4.69, 9.17) is 4.98 Å². The summed E-state index contributed by atoms with van der Waals surface area (Å²) in [6, 6.07) is 12.0. The number of aromatic nitrogens is 1. The number of phenolic OH excluding ortho intramolecular Hbond substituents is 1. The lowest BCUT2D eigenvalue weighted by molar-refractivity contribution is 0.474. The van der Waals surface area contributed by atoms with Crippen LogP contribution in [0.15, 0.2) is 36.4 Å². The smallest absolute Gasteiger partial charge is 0.127 e. The van der Waals surface area contributed by atoms with Crippen LogP contribution in [0, 0.1) is 12.8 Å². The fourth-order valence-corrected chi connectivity index (χ4v) is 3.86. The Kier molecular flexibility index (Phi) is 3.68. The highest BCUT2D eigenvalue weighted by molar-refractivity contribution is 7.19. The first-order chi connectivity index (χ1) is 10.1. The zero-order valence-electron chi connectivity index (χ0n) is 12.6.